The molecule has 0 spiro atoms. The minimum Gasteiger partial charge on any atom is -0.384 e. The molecule has 0 saturated heterocycles. The molecule has 0 aromatic heterocycles. The molecule has 3 heteroatoms. The summed E-state index contributed by atoms with van der Waals surface area (Å²) in [6, 6.07) is 0. The van der Waals surface area contributed by atoms with Gasteiger partial charge in [0.25, 0.3) is 0 Å². The maximum absolute atomic E-state index is 4.92. The van der Waals surface area contributed by atoms with Gasteiger partial charge in [-0.25, -0.2) is 0 Å². The van der Waals surface area contributed by atoms with Crippen LogP contribution in [0.25, 0.3) is 0 Å². The van der Waals surface area contributed by atoms with E-state index < -0.39 is 0 Å². The molecule has 0 radical (unpaired) electrons. The molecule has 0 atom stereocenters. The van der Waals surface area contributed by atoms with Crippen molar-refractivity contribution in [1.29, 1.82) is 0 Å². The lowest BCUT2D eigenvalue weighted by atomic mass is 10.3. The average molecular weight is 175 g/mol. The first kappa shape index (κ1) is 11.0. The number of likely N-dealkylation sites (N-methyl/N-ethyl adjacent to an activating group) is 1. The van der Waals surface area contributed by atoms with E-state index >= 15 is 0 Å². The molecular formula is C8H17NOS. The van der Waals surface area contributed by atoms with E-state index in [2.05, 4.69) is 11.9 Å². The van der Waals surface area contributed by atoms with E-state index in [-0.39, 0.29) is 0 Å². The Labute approximate surface area is 73.4 Å². The van der Waals surface area contributed by atoms with E-state index in [4.69, 9.17) is 4.74 Å². The van der Waals surface area contributed by atoms with Gasteiger partial charge < -0.3 is 10.1 Å². The fourth-order valence-corrected chi connectivity index (χ4v) is 1.48. The smallest absolute Gasteiger partial charge is 0.0553 e. The highest BCUT2D eigenvalue weighted by Gasteiger charge is 1.92. The summed E-state index contributed by atoms with van der Waals surface area (Å²) in [6.45, 7) is 5.67. The molecule has 0 aliphatic carbocycles. The average Bonchev–Trinajstić information content (AvgIpc) is 1.99. The predicted octanol–water partition coefficient (Wildman–Crippen LogP) is 1.14. The second-order valence-electron chi connectivity index (χ2n) is 2.33. The Balaban J connectivity index is 3.04. The van der Waals surface area contributed by atoms with Gasteiger partial charge in [0.05, 0.1) is 6.61 Å². The number of hydrogen-bond acceptors (Lipinski definition) is 3. The monoisotopic (exact) mass is 175 g/mol. The summed E-state index contributed by atoms with van der Waals surface area (Å²) < 4.78 is 4.92. The molecule has 11 heavy (non-hydrogen) atoms. The first-order valence-corrected chi connectivity index (χ1v) is 4.84. The van der Waals surface area contributed by atoms with Crippen LogP contribution >= 0.6 is 11.8 Å². The Kier molecular flexibility index (Phi) is 8.12. The first-order chi connectivity index (χ1) is 5.31. The van der Waals surface area contributed by atoms with E-state index in [1.165, 1.54) is 5.57 Å². The van der Waals surface area contributed by atoms with Crippen LogP contribution in [0.1, 0.15) is 0 Å². The minimum absolute atomic E-state index is 0.831. The molecule has 0 aromatic carbocycles. The van der Waals surface area contributed by atoms with Crippen LogP contribution in [0.4, 0.5) is 0 Å². The van der Waals surface area contributed by atoms with E-state index in [0.717, 1.165) is 24.7 Å². The number of nitrogens with one attached hydrogen (secondary N) is 1. The van der Waals surface area contributed by atoms with Crippen LogP contribution in [0.5, 0.6) is 0 Å². The number of thioether (sulfide) groups is 1. The van der Waals surface area contributed by atoms with E-state index in [1.807, 2.05) is 18.8 Å². The Morgan fingerprint density at radius 1 is 1.64 bits per heavy atom. The molecule has 0 heterocycles. The summed E-state index contributed by atoms with van der Waals surface area (Å²) in [6.07, 6.45) is 0. The Morgan fingerprint density at radius 2 is 2.36 bits per heavy atom. The largest absolute Gasteiger partial charge is 0.384 e. The van der Waals surface area contributed by atoms with Crippen molar-refractivity contribution in [3.63, 3.8) is 0 Å². The lowest BCUT2D eigenvalue weighted by molar-refractivity contribution is 0.218. The molecule has 0 unspecified atom stereocenters. The molecule has 66 valence electrons. The zero-order valence-corrected chi connectivity index (χ0v) is 8.17. The Bertz CT molecular complexity index is 106. The van der Waals surface area contributed by atoms with E-state index in [9.17, 15) is 0 Å². The SMILES string of the molecule is C=C(CNC)CSCCOC. The van der Waals surface area contributed by atoms with Gasteiger partial charge in [-0.3, -0.25) is 0 Å². The van der Waals surface area contributed by atoms with Crippen LogP contribution in [-0.2, 0) is 4.74 Å². The fraction of sp³-hybridized carbons (Fsp3) is 0.750. The summed E-state index contributed by atoms with van der Waals surface area (Å²) in [7, 11) is 3.66. The van der Waals surface area contributed by atoms with Crippen molar-refractivity contribution >= 4 is 11.8 Å². The second kappa shape index (κ2) is 8.11. The van der Waals surface area contributed by atoms with Gasteiger partial charge in [-0.05, 0) is 7.05 Å². The van der Waals surface area contributed by atoms with Crippen LogP contribution < -0.4 is 5.32 Å². The molecule has 0 aliphatic heterocycles. The zero-order chi connectivity index (χ0) is 8.53. The Hall–Kier alpha value is 0.01000. The minimum atomic E-state index is 0.831. The summed E-state index contributed by atoms with van der Waals surface area (Å²) in [4.78, 5) is 0. The van der Waals surface area contributed by atoms with E-state index in [1.54, 1.807) is 7.11 Å². The third-order valence-corrected chi connectivity index (χ3v) is 2.23. The van der Waals surface area contributed by atoms with Crippen molar-refractivity contribution in [3.05, 3.63) is 12.2 Å². The highest BCUT2D eigenvalue weighted by Crippen LogP contribution is 2.04. The summed E-state index contributed by atoms with van der Waals surface area (Å²) in [5.74, 6) is 2.09. The van der Waals surface area contributed by atoms with Crippen LogP contribution in [0.15, 0.2) is 12.2 Å². The van der Waals surface area contributed by atoms with Gasteiger partial charge in [0.2, 0.25) is 0 Å². The quantitative estimate of drug-likeness (QED) is 0.463. The van der Waals surface area contributed by atoms with Gasteiger partial charge in [-0.2, -0.15) is 11.8 Å². The lowest BCUT2D eigenvalue weighted by Gasteiger charge is -2.03. The third-order valence-electron chi connectivity index (χ3n) is 1.16. The zero-order valence-electron chi connectivity index (χ0n) is 7.35. The molecule has 1 N–H and O–H groups in total. The molecule has 0 bridgehead atoms. The third kappa shape index (κ3) is 7.91. The summed E-state index contributed by atoms with van der Waals surface area (Å²) >= 11 is 1.86. The maximum atomic E-state index is 4.92. The van der Waals surface area contributed by atoms with Gasteiger partial charge in [-0.15, -0.1) is 0 Å². The highest BCUT2D eigenvalue weighted by molar-refractivity contribution is 7.99. The molecule has 0 saturated carbocycles. The second-order valence-corrected chi connectivity index (χ2v) is 3.43. The van der Waals surface area contributed by atoms with Crippen molar-refractivity contribution in [2.45, 2.75) is 0 Å². The van der Waals surface area contributed by atoms with Crippen molar-refractivity contribution in [1.82, 2.24) is 5.32 Å². The van der Waals surface area contributed by atoms with Crippen LogP contribution in [0.2, 0.25) is 0 Å². The Morgan fingerprint density at radius 3 is 2.91 bits per heavy atom. The van der Waals surface area contributed by atoms with Crippen molar-refractivity contribution in [3.8, 4) is 0 Å². The standard InChI is InChI=1S/C8H17NOS/c1-8(6-9-2)7-11-5-4-10-3/h9H,1,4-7H2,2-3H3. The molecule has 2 nitrogen and oxygen atoms in total. The lowest BCUT2D eigenvalue weighted by Crippen LogP contribution is -2.11. The predicted molar refractivity (Wildman–Crippen MR) is 52.3 cm³/mol. The maximum Gasteiger partial charge on any atom is 0.0553 e. The van der Waals surface area contributed by atoms with Gasteiger partial charge in [0.15, 0.2) is 0 Å². The first-order valence-electron chi connectivity index (χ1n) is 3.69. The normalized spacial score (nSPS) is 10.0. The topological polar surface area (TPSA) is 21.3 Å². The summed E-state index contributed by atoms with van der Waals surface area (Å²) in [5.41, 5.74) is 1.24. The molecule has 0 aromatic rings. The molecule has 0 amide bonds. The molecule has 0 rings (SSSR count). The molecule has 0 fully saturated rings. The number of hydrogen-bond donors (Lipinski definition) is 1. The van der Waals surface area contributed by atoms with Gasteiger partial charge >= 0.3 is 0 Å². The van der Waals surface area contributed by atoms with Crippen molar-refractivity contribution in [2.75, 3.05) is 38.8 Å². The van der Waals surface area contributed by atoms with Crippen LogP contribution in [0, 0.1) is 0 Å². The van der Waals surface area contributed by atoms with Gasteiger partial charge in [0.1, 0.15) is 0 Å². The number of ether oxygens (including phenoxy) is 1. The summed E-state index contributed by atoms with van der Waals surface area (Å²) in [5, 5.41) is 3.06. The number of methoxy groups -OCH3 is 1. The van der Waals surface area contributed by atoms with Crippen LogP contribution in [-0.4, -0.2) is 38.8 Å². The van der Waals surface area contributed by atoms with E-state index in [0.29, 0.717) is 0 Å². The van der Waals surface area contributed by atoms with Gasteiger partial charge in [-0.1, -0.05) is 12.2 Å². The highest BCUT2D eigenvalue weighted by atomic mass is 32.2. The van der Waals surface area contributed by atoms with Gasteiger partial charge in [0, 0.05) is 25.2 Å². The molecular weight excluding hydrogens is 158 g/mol. The fourth-order valence-electron chi connectivity index (χ4n) is 0.660. The van der Waals surface area contributed by atoms with Crippen molar-refractivity contribution < 1.29 is 4.74 Å². The molecule has 0 aliphatic rings. The van der Waals surface area contributed by atoms with Crippen molar-refractivity contribution in [2.24, 2.45) is 0 Å². The van der Waals surface area contributed by atoms with Crippen LogP contribution in [0.3, 0.4) is 0 Å². The number of rotatable bonds is 7.